The van der Waals surface area contributed by atoms with Crippen LogP contribution in [0.2, 0.25) is 5.02 Å². The third-order valence-electron chi connectivity index (χ3n) is 4.57. The van der Waals surface area contributed by atoms with Crippen molar-refractivity contribution in [3.8, 4) is 5.75 Å². The molecule has 0 fully saturated rings. The van der Waals surface area contributed by atoms with Crippen LogP contribution in [0, 0.1) is 13.8 Å². The number of nitrogens with one attached hydrogen (secondary N) is 2. The average molecular weight is 423 g/mol. The highest BCUT2D eigenvalue weighted by Crippen LogP contribution is 2.21. The fraction of sp³-hybridized carbons (Fsp3) is 0.167. The topological polar surface area (TPSA) is 67.4 Å². The van der Waals surface area contributed by atoms with Crippen LogP contribution < -0.4 is 15.4 Å². The molecule has 3 aromatic carbocycles. The Morgan fingerprint density at radius 3 is 2.23 bits per heavy atom. The lowest BCUT2D eigenvalue weighted by molar-refractivity contribution is -0.122. The molecule has 0 aliphatic heterocycles. The summed E-state index contributed by atoms with van der Waals surface area (Å²) >= 11 is 5.99. The van der Waals surface area contributed by atoms with Gasteiger partial charge in [-0.25, -0.2) is 0 Å². The third kappa shape index (κ3) is 5.61. The highest BCUT2D eigenvalue weighted by molar-refractivity contribution is 6.31. The molecular weight excluding hydrogens is 400 g/mol. The average Bonchev–Trinajstić information content (AvgIpc) is 2.72. The molecule has 0 heterocycles. The van der Waals surface area contributed by atoms with Gasteiger partial charge in [-0.1, -0.05) is 35.4 Å². The summed E-state index contributed by atoms with van der Waals surface area (Å²) in [6, 6.07) is 19.5. The van der Waals surface area contributed by atoms with Crippen molar-refractivity contribution in [1.29, 1.82) is 0 Å². The summed E-state index contributed by atoms with van der Waals surface area (Å²) in [5.74, 6) is -0.0125. The van der Waals surface area contributed by atoms with Crippen LogP contribution in [0.3, 0.4) is 0 Å². The molecule has 3 rings (SSSR count). The number of carbonyl (C=O) groups excluding carboxylic acids is 2. The second kappa shape index (κ2) is 9.46. The second-order valence-corrected chi connectivity index (χ2v) is 7.49. The standard InChI is InChI=1S/C24H23ClN2O3/c1-15-4-10-20(11-5-15)26-24(29)18-7-12-21(13-8-18)30-17(3)23(28)27-22-14-19(25)9-6-16(22)2/h4-14,17H,1-3H3,(H,26,29)(H,27,28)/t17-/m1/s1. The highest BCUT2D eigenvalue weighted by Gasteiger charge is 2.16. The lowest BCUT2D eigenvalue weighted by atomic mass is 10.2. The van der Waals surface area contributed by atoms with Crippen LogP contribution in [0.25, 0.3) is 0 Å². The number of ether oxygens (including phenoxy) is 1. The molecule has 3 aromatic rings. The zero-order chi connectivity index (χ0) is 21.7. The van der Waals surface area contributed by atoms with E-state index in [-0.39, 0.29) is 11.8 Å². The van der Waals surface area contributed by atoms with Crippen molar-refractivity contribution in [2.75, 3.05) is 10.6 Å². The van der Waals surface area contributed by atoms with E-state index in [4.69, 9.17) is 16.3 Å². The van der Waals surface area contributed by atoms with Crippen LogP contribution in [0.4, 0.5) is 11.4 Å². The van der Waals surface area contributed by atoms with Crippen molar-refractivity contribution in [3.63, 3.8) is 0 Å². The van der Waals surface area contributed by atoms with Crippen molar-refractivity contribution in [2.24, 2.45) is 0 Å². The molecule has 2 N–H and O–H groups in total. The van der Waals surface area contributed by atoms with Gasteiger partial charge in [-0.15, -0.1) is 0 Å². The summed E-state index contributed by atoms with van der Waals surface area (Å²) in [7, 11) is 0. The number of aryl methyl sites for hydroxylation is 2. The predicted octanol–water partition coefficient (Wildman–Crippen LogP) is 5.62. The van der Waals surface area contributed by atoms with Gasteiger partial charge in [0, 0.05) is 22.0 Å². The lowest BCUT2D eigenvalue weighted by Crippen LogP contribution is -2.30. The zero-order valence-corrected chi connectivity index (χ0v) is 17.8. The fourth-order valence-corrected chi connectivity index (χ4v) is 2.92. The van der Waals surface area contributed by atoms with E-state index in [0.717, 1.165) is 16.8 Å². The summed E-state index contributed by atoms with van der Waals surface area (Å²) < 4.78 is 5.71. The van der Waals surface area contributed by atoms with Gasteiger partial charge in [0.15, 0.2) is 6.10 Å². The molecule has 30 heavy (non-hydrogen) atoms. The van der Waals surface area contributed by atoms with E-state index >= 15 is 0 Å². The van der Waals surface area contributed by atoms with Crippen molar-refractivity contribution >= 4 is 34.8 Å². The second-order valence-electron chi connectivity index (χ2n) is 7.05. The van der Waals surface area contributed by atoms with Crippen LogP contribution in [-0.2, 0) is 4.79 Å². The summed E-state index contributed by atoms with van der Waals surface area (Å²) in [6.45, 7) is 5.53. The third-order valence-corrected chi connectivity index (χ3v) is 4.80. The van der Waals surface area contributed by atoms with Crippen LogP contribution >= 0.6 is 11.6 Å². The lowest BCUT2D eigenvalue weighted by Gasteiger charge is -2.16. The first-order valence-corrected chi connectivity index (χ1v) is 9.91. The molecule has 0 spiro atoms. The van der Waals surface area contributed by atoms with Crippen molar-refractivity contribution < 1.29 is 14.3 Å². The van der Waals surface area contributed by atoms with E-state index in [2.05, 4.69) is 10.6 Å². The molecule has 0 radical (unpaired) electrons. The van der Waals surface area contributed by atoms with E-state index in [1.165, 1.54) is 0 Å². The number of rotatable bonds is 6. The first-order valence-electron chi connectivity index (χ1n) is 9.53. The maximum atomic E-state index is 12.4. The number of halogens is 1. The minimum absolute atomic E-state index is 0.215. The summed E-state index contributed by atoms with van der Waals surface area (Å²) in [4.78, 5) is 24.8. The Labute approximate surface area is 181 Å². The van der Waals surface area contributed by atoms with Gasteiger partial charge in [0.2, 0.25) is 0 Å². The molecule has 0 aliphatic rings. The molecule has 1 atom stereocenters. The van der Waals surface area contributed by atoms with Crippen LogP contribution in [0.1, 0.15) is 28.4 Å². The number of hydrogen-bond acceptors (Lipinski definition) is 3. The predicted molar refractivity (Wildman–Crippen MR) is 120 cm³/mol. The first kappa shape index (κ1) is 21.4. The van der Waals surface area contributed by atoms with Crippen molar-refractivity contribution in [3.05, 3.63) is 88.4 Å². The molecule has 0 saturated heterocycles. The Morgan fingerprint density at radius 2 is 1.57 bits per heavy atom. The summed E-state index contributed by atoms with van der Waals surface area (Å²) in [5.41, 5.74) is 3.90. The molecule has 6 heteroatoms. The molecular formula is C24H23ClN2O3. The molecule has 0 bridgehead atoms. The number of benzene rings is 3. The number of anilines is 2. The van der Waals surface area contributed by atoms with E-state index in [0.29, 0.717) is 22.0 Å². The maximum Gasteiger partial charge on any atom is 0.265 e. The maximum absolute atomic E-state index is 12.4. The Morgan fingerprint density at radius 1 is 0.900 bits per heavy atom. The van der Waals surface area contributed by atoms with Gasteiger partial charge >= 0.3 is 0 Å². The van der Waals surface area contributed by atoms with E-state index in [9.17, 15) is 9.59 Å². The van der Waals surface area contributed by atoms with Gasteiger partial charge in [-0.2, -0.15) is 0 Å². The van der Waals surface area contributed by atoms with Gasteiger partial charge < -0.3 is 15.4 Å². The number of hydrogen-bond donors (Lipinski definition) is 2. The normalized spacial score (nSPS) is 11.5. The largest absolute Gasteiger partial charge is 0.481 e. The van der Waals surface area contributed by atoms with Gasteiger partial charge in [0.05, 0.1) is 0 Å². The Bertz CT molecular complexity index is 1050. The zero-order valence-electron chi connectivity index (χ0n) is 17.0. The minimum Gasteiger partial charge on any atom is -0.481 e. The fourth-order valence-electron chi connectivity index (χ4n) is 2.75. The van der Waals surface area contributed by atoms with Crippen LogP contribution in [-0.4, -0.2) is 17.9 Å². The number of carbonyl (C=O) groups is 2. The van der Waals surface area contributed by atoms with Crippen molar-refractivity contribution in [1.82, 2.24) is 0 Å². The van der Waals surface area contributed by atoms with Crippen LogP contribution in [0.15, 0.2) is 66.7 Å². The van der Waals surface area contributed by atoms with Gasteiger partial charge in [0.25, 0.3) is 11.8 Å². The Kier molecular flexibility index (Phi) is 6.75. The first-order chi connectivity index (χ1) is 14.3. The summed E-state index contributed by atoms with van der Waals surface area (Å²) in [5, 5.41) is 6.21. The monoisotopic (exact) mass is 422 g/mol. The number of amides is 2. The molecule has 0 saturated carbocycles. The minimum atomic E-state index is -0.726. The van der Waals surface area contributed by atoms with Gasteiger partial charge in [-0.3, -0.25) is 9.59 Å². The molecule has 0 aromatic heterocycles. The molecule has 0 aliphatic carbocycles. The smallest absolute Gasteiger partial charge is 0.265 e. The quantitative estimate of drug-likeness (QED) is 0.542. The van der Waals surface area contributed by atoms with E-state index in [1.54, 1.807) is 43.3 Å². The Hall–Kier alpha value is -3.31. The Balaban J connectivity index is 1.59. The molecule has 154 valence electrons. The van der Waals surface area contributed by atoms with Crippen molar-refractivity contribution in [2.45, 2.75) is 26.9 Å². The van der Waals surface area contributed by atoms with E-state index in [1.807, 2.05) is 44.2 Å². The molecule has 0 unspecified atom stereocenters. The summed E-state index contributed by atoms with van der Waals surface area (Å²) in [6.07, 6.45) is -0.726. The van der Waals surface area contributed by atoms with Gasteiger partial charge in [-0.05, 0) is 74.9 Å². The van der Waals surface area contributed by atoms with Gasteiger partial charge in [0.1, 0.15) is 5.75 Å². The molecule has 2 amide bonds. The molecule has 5 nitrogen and oxygen atoms in total. The van der Waals surface area contributed by atoms with E-state index < -0.39 is 6.10 Å². The van der Waals surface area contributed by atoms with Crippen LogP contribution in [0.5, 0.6) is 5.75 Å². The highest BCUT2D eigenvalue weighted by atomic mass is 35.5. The SMILES string of the molecule is Cc1ccc(NC(=O)c2ccc(O[C@H](C)C(=O)Nc3cc(Cl)ccc3C)cc2)cc1.